The molecule has 0 radical (unpaired) electrons. The van der Waals surface area contributed by atoms with Gasteiger partial charge in [-0.25, -0.2) is 0 Å². The molecule has 1 aromatic carbocycles. The Morgan fingerprint density at radius 1 is 1.00 bits per heavy atom. The van der Waals surface area contributed by atoms with Gasteiger partial charge in [0.2, 0.25) is 0 Å². The first-order valence-corrected chi connectivity index (χ1v) is 7.82. The summed E-state index contributed by atoms with van der Waals surface area (Å²) in [6.45, 7) is 14.3. The Labute approximate surface area is 134 Å². The highest BCUT2D eigenvalue weighted by Crippen LogP contribution is 2.38. The van der Waals surface area contributed by atoms with Crippen molar-refractivity contribution in [3.05, 3.63) is 39.9 Å². The molecule has 0 unspecified atom stereocenters. The maximum Gasteiger partial charge on any atom is 0.492 e. The lowest BCUT2D eigenvalue weighted by molar-refractivity contribution is 0.00578. The Bertz CT molecular complexity index is 587. The molecule has 0 aromatic heterocycles. The average Bonchev–Trinajstić information content (AvgIpc) is 2.61. The van der Waals surface area contributed by atoms with Gasteiger partial charge in [-0.2, -0.15) is 0 Å². The normalized spacial score (nSPS) is 20.5. The van der Waals surface area contributed by atoms with Crippen LogP contribution in [0.2, 0.25) is 0 Å². The molecule has 1 aliphatic rings. The van der Waals surface area contributed by atoms with E-state index in [9.17, 15) is 5.11 Å². The van der Waals surface area contributed by atoms with Crippen LogP contribution in [-0.2, 0) is 9.31 Å². The summed E-state index contributed by atoms with van der Waals surface area (Å²) in [5.74, 6) is 0. The maximum absolute atomic E-state index is 9.77. The minimum absolute atomic E-state index is 0.0802. The molecule has 1 fully saturated rings. The van der Waals surface area contributed by atoms with Gasteiger partial charge in [-0.15, -0.1) is 0 Å². The number of aliphatic hydroxyl groups is 1. The number of aryl methyl sites for hydroxylation is 3. The lowest BCUT2D eigenvalue weighted by Crippen LogP contribution is -2.41. The van der Waals surface area contributed by atoms with Gasteiger partial charge in [-0.3, -0.25) is 0 Å². The van der Waals surface area contributed by atoms with E-state index in [-0.39, 0.29) is 6.61 Å². The third kappa shape index (κ3) is 3.14. The van der Waals surface area contributed by atoms with Crippen molar-refractivity contribution in [1.29, 1.82) is 0 Å². The summed E-state index contributed by atoms with van der Waals surface area (Å²) in [6.07, 6.45) is 1.99. The average molecular weight is 302 g/mol. The summed E-state index contributed by atoms with van der Waals surface area (Å²) < 4.78 is 12.1. The monoisotopic (exact) mass is 302 g/mol. The molecule has 4 heteroatoms. The number of aliphatic hydroxyl groups excluding tert-OH is 1. The molecular weight excluding hydrogens is 275 g/mol. The van der Waals surface area contributed by atoms with Gasteiger partial charge in [0.25, 0.3) is 0 Å². The molecule has 0 bridgehead atoms. The predicted molar refractivity (Wildman–Crippen MR) is 91.8 cm³/mol. The Balaban J connectivity index is 2.36. The third-order valence-electron chi connectivity index (χ3n) is 4.96. The standard InChI is InChI=1S/C18H27BO3/c1-12-8-14(3)15(9-13(12)2)10-16(11-20)19-21-17(4,5)18(6,7)22-19/h8-10,20H,11H2,1-7H3. The smallest absolute Gasteiger partial charge is 0.400 e. The van der Waals surface area contributed by atoms with Crippen molar-refractivity contribution in [1.82, 2.24) is 0 Å². The highest BCUT2D eigenvalue weighted by atomic mass is 16.7. The van der Waals surface area contributed by atoms with Gasteiger partial charge in [-0.05, 0) is 76.2 Å². The van der Waals surface area contributed by atoms with Gasteiger partial charge in [0.05, 0.1) is 17.8 Å². The summed E-state index contributed by atoms with van der Waals surface area (Å²) in [5, 5.41) is 9.77. The predicted octanol–water partition coefficient (Wildman–Crippen LogP) is 3.62. The molecular formula is C18H27BO3. The summed E-state index contributed by atoms with van der Waals surface area (Å²) in [5.41, 5.74) is 4.75. The van der Waals surface area contributed by atoms with Crippen LogP contribution in [0.3, 0.4) is 0 Å². The fourth-order valence-electron chi connectivity index (χ4n) is 2.52. The van der Waals surface area contributed by atoms with Gasteiger partial charge in [0, 0.05) is 0 Å². The lowest BCUT2D eigenvalue weighted by atomic mass is 9.77. The minimum atomic E-state index is -0.504. The second-order valence-corrected chi connectivity index (χ2v) is 7.26. The van der Waals surface area contributed by atoms with E-state index in [1.54, 1.807) is 0 Å². The molecule has 120 valence electrons. The zero-order chi connectivity index (χ0) is 16.7. The summed E-state index contributed by atoms with van der Waals surface area (Å²) in [7, 11) is -0.504. The van der Waals surface area contributed by atoms with Crippen molar-refractivity contribution in [2.75, 3.05) is 6.61 Å². The van der Waals surface area contributed by atoms with E-state index >= 15 is 0 Å². The van der Waals surface area contributed by atoms with Crippen molar-refractivity contribution in [3.8, 4) is 0 Å². The van der Waals surface area contributed by atoms with E-state index in [4.69, 9.17) is 9.31 Å². The van der Waals surface area contributed by atoms with Crippen LogP contribution in [0, 0.1) is 20.8 Å². The molecule has 1 aliphatic heterocycles. The van der Waals surface area contributed by atoms with E-state index in [0.717, 1.165) is 11.0 Å². The molecule has 1 N–H and O–H groups in total. The van der Waals surface area contributed by atoms with E-state index in [1.165, 1.54) is 16.7 Å². The van der Waals surface area contributed by atoms with Gasteiger partial charge < -0.3 is 14.4 Å². The SMILES string of the molecule is Cc1cc(C)c(C=C(CO)B2OC(C)(C)C(C)(C)O2)cc1C. The van der Waals surface area contributed by atoms with Crippen LogP contribution in [0.25, 0.3) is 6.08 Å². The van der Waals surface area contributed by atoms with E-state index < -0.39 is 18.3 Å². The summed E-state index contributed by atoms with van der Waals surface area (Å²) >= 11 is 0. The number of rotatable bonds is 3. The molecule has 22 heavy (non-hydrogen) atoms. The van der Waals surface area contributed by atoms with Crippen LogP contribution in [0.5, 0.6) is 0 Å². The van der Waals surface area contributed by atoms with Crippen LogP contribution in [0.4, 0.5) is 0 Å². The van der Waals surface area contributed by atoms with E-state index in [0.29, 0.717) is 0 Å². The number of hydrogen-bond donors (Lipinski definition) is 1. The highest BCUT2D eigenvalue weighted by molar-refractivity contribution is 6.55. The molecule has 0 saturated carbocycles. The molecule has 2 rings (SSSR count). The largest absolute Gasteiger partial charge is 0.492 e. The third-order valence-corrected chi connectivity index (χ3v) is 4.96. The topological polar surface area (TPSA) is 38.7 Å². The first-order valence-electron chi connectivity index (χ1n) is 7.82. The molecule has 0 amide bonds. The van der Waals surface area contributed by atoms with Crippen molar-refractivity contribution < 1.29 is 14.4 Å². The second kappa shape index (κ2) is 5.84. The fourth-order valence-corrected chi connectivity index (χ4v) is 2.52. The van der Waals surface area contributed by atoms with Gasteiger partial charge in [-0.1, -0.05) is 18.2 Å². The Hall–Kier alpha value is -1.10. The molecule has 1 saturated heterocycles. The Morgan fingerprint density at radius 2 is 1.50 bits per heavy atom. The fraction of sp³-hybridized carbons (Fsp3) is 0.556. The Morgan fingerprint density at radius 3 is 2.00 bits per heavy atom. The minimum Gasteiger partial charge on any atom is -0.400 e. The molecule has 1 heterocycles. The van der Waals surface area contributed by atoms with Crippen molar-refractivity contribution in [3.63, 3.8) is 0 Å². The zero-order valence-corrected chi connectivity index (χ0v) is 14.8. The summed E-state index contributed by atoms with van der Waals surface area (Å²) in [4.78, 5) is 0. The number of benzene rings is 1. The lowest BCUT2D eigenvalue weighted by Gasteiger charge is -2.32. The van der Waals surface area contributed by atoms with E-state index in [2.05, 4.69) is 32.9 Å². The van der Waals surface area contributed by atoms with Gasteiger partial charge in [0.1, 0.15) is 0 Å². The summed E-state index contributed by atoms with van der Waals surface area (Å²) in [6, 6.07) is 4.31. The Kier molecular flexibility index (Phi) is 4.58. The van der Waals surface area contributed by atoms with Crippen LogP contribution in [-0.4, -0.2) is 30.0 Å². The molecule has 0 aliphatic carbocycles. The molecule has 1 aromatic rings. The van der Waals surface area contributed by atoms with Crippen LogP contribution in [0.1, 0.15) is 49.9 Å². The first-order chi connectivity index (χ1) is 10.1. The van der Waals surface area contributed by atoms with Crippen molar-refractivity contribution in [2.24, 2.45) is 0 Å². The van der Waals surface area contributed by atoms with Gasteiger partial charge in [0.15, 0.2) is 0 Å². The number of hydrogen-bond acceptors (Lipinski definition) is 3. The van der Waals surface area contributed by atoms with Crippen molar-refractivity contribution in [2.45, 2.75) is 59.7 Å². The molecule has 0 atom stereocenters. The first kappa shape index (κ1) is 17.3. The maximum atomic E-state index is 9.77. The molecule has 3 nitrogen and oxygen atoms in total. The van der Waals surface area contributed by atoms with E-state index in [1.807, 2.05) is 33.8 Å². The van der Waals surface area contributed by atoms with Crippen molar-refractivity contribution >= 4 is 13.2 Å². The second-order valence-electron chi connectivity index (χ2n) is 7.26. The highest BCUT2D eigenvalue weighted by Gasteiger charge is 2.52. The zero-order valence-electron chi connectivity index (χ0n) is 14.8. The van der Waals surface area contributed by atoms with Crippen LogP contribution in [0.15, 0.2) is 17.6 Å². The van der Waals surface area contributed by atoms with Gasteiger partial charge >= 0.3 is 7.12 Å². The van der Waals surface area contributed by atoms with Crippen LogP contribution >= 0.6 is 0 Å². The van der Waals surface area contributed by atoms with Crippen LogP contribution < -0.4 is 0 Å². The molecule has 0 spiro atoms. The quantitative estimate of drug-likeness (QED) is 0.867.